The Morgan fingerprint density at radius 3 is 1.76 bits per heavy atom. The quantitative estimate of drug-likeness (QED) is 0.413. The van der Waals surface area contributed by atoms with Gasteiger partial charge in [-0.15, -0.1) is 0 Å². The van der Waals surface area contributed by atoms with Gasteiger partial charge < -0.3 is 0 Å². The molecule has 1 aliphatic heterocycles. The van der Waals surface area contributed by atoms with Crippen molar-refractivity contribution in [3.05, 3.63) is 61.8 Å². The fourth-order valence-corrected chi connectivity index (χ4v) is 5.25. The second-order valence-electron chi connectivity index (χ2n) is 9.17. The zero-order valence-corrected chi connectivity index (χ0v) is 19.7. The van der Waals surface area contributed by atoms with Gasteiger partial charge in [-0.05, 0) is 131 Å². The predicted molar refractivity (Wildman–Crippen MR) is 129 cm³/mol. The zero-order valence-electron chi connectivity index (χ0n) is 19.7. The number of benzene rings is 2. The summed E-state index contributed by atoms with van der Waals surface area (Å²) >= 11 is 0. The van der Waals surface area contributed by atoms with Gasteiger partial charge in [0, 0.05) is 11.3 Å². The maximum absolute atomic E-state index is 5.04. The van der Waals surface area contributed by atoms with Crippen LogP contribution in [0, 0.1) is 69.2 Å². The molecule has 1 aromatic heterocycles. The van der Waals surface area contributed by atoms with Gasteiger partial charge in [0.15, 0.2) is 7.28 Å². The highest BCUT2D eigenvalue weighted by molar-refractivity contribution is 6.74. The Morgan fingerprint density at radius 2 is 1.10 bits per heavy atom. The van der Waals surface area contributed by atoms with Gasteiger partial charge in [-0.3, -0.25) is 4.98 Å². The van der Waals surface area contributed by atoms with Crippen molar-refractivity contribution >= 4 is 18.2 Å². The number of aromatic nitrogens is 1. The summed E-state index contributed by atoms with van der Waals surface area (Å²) in [6.07, 6.45) is 0. The smallest absolute Gasteiger partial charge is 0.194 e. The lowest BCUT2D eigenvalue weighted by Crippen LogP contribution is -2.27. The van der Waals surface area contributed by atoms with Crippen molar-refractivity contribution in [3.63, 3.8) is 0 Å². The molecule has 0 amide bonds. The van der Waals surface area contributed by atoms with Gasteiger partial charge in [-0.1, -0.05) is 16.5 Å². The molecule has 0 atom stereocenters. The van der Waals surface area contributed by atoms with Crippen molar-refractivity contribution in [2.45, 2.75) is 69.2 Å². The van der Waals surface area contributed by atoms with Crippen LogP contribution in [0.1, 0.15) is 55.8 Å². The maximum atomic E-state index is 5.04. The Balaban J connectivity index is 2.04. The Hall–Kier alpha value is -2.35. The van der Waals surface area contributed by atoms with E-state index in [1.807, 2.05) is 0 Å². The Morgan fingerprint density at radius 1 is 0.552 bits per heavy atom. The van der Waals surface area contributed by atoms with Crippen molar-refractivity contribution in [1.29, 1.82) is 0 Å². The minimum Gasteiger partial charge on any atom is -0.253 e. The highest BCUT2D eigenvalue weighted by Crippen LogP contribution is 2.37. The van der Waals surface area contributed by atoms with Gasteiger partial charge >= 0.3 is 0 Å². The predicted octanol–water partition coefficient (Wildman–Crippen LogP) is 5.20. The summed E-state index contributed by atoms with van der Waals surface area (Å²) in [5.41, 5.74) is 22.2. The second kappa shape index (κ2) is 6.59. The number of pyridine rings is 1. The SMILES string of the molecule is Cc1cc(-c2nc(C)c(C)c(C)c2C)c(C)c2c1-c1c(C)c(C)c(C)c(C)c1B2. The van der Waals surface area contributed by atoms with Crippen LogP contribution in [0.25, 0.3) is 22.4 Å². The van der Waals surface area contributed by atoms with Crippen molar-refractivity contribution in [2.75, 3.05) is 0 Å². The first kappa shape index (κ1) is 19.9. The summed E-state index contributed by atoms with van der Waals surface area (Å²) in [7, 11) is 1.04. The zero-order chi connectivity index (χ0) is 21.4. The number of fused-ring (bicyclic) bond motifs is 3. The molecule has 0 unspecified atom stereocenters. The van der Waals surface area contributed by atoms with Crippen LogP contribution in [0.15, 0.2) is 6.07 Å². The van der Waals surface area contributed by atoms with Crippen LogP contribution >= 0.6 is 0 Å². The number of nitrogens with zero attached hydrogens (tertiary/aromatic N) is 1. The molecule has 2 heteroatoms. The molecular formula is C27H32BN. The van der Waals surface area contributed by atoms with E-state index in [-0.39, 0.29) is 0 Å². The lowest BCUT2D eigenvalue weighted by Gasteiger charge is -2.20. The molecule has 3 aromatic rings. The number of rotatable bonds is 1. The first-order valence-corrected chi connectivity index (χ1v) is 10.7. The summed E-state index contributed by atoms with van der Waals surface area (Å²) in [6.45, 7) is 22.5. The second-order valence-corrected chi connectivity index (χ2v) is 9.17. The van der Waals surface area contributed by atoms with Gasteiger partial charge in [-0.2, -0.15) is 0 Å². The largest absolute Gasteiger partial charge is 0.253 e. The number of hydrogen-bond acceptors (Lipinski definition) is 1. The van der Waals surface area contributed by atoms with E-state index >= 15 is 0 Å². The van der Waals surface area contributed by atoms with Gasteiger partial charge in [0.2, 0.25) is 0 Å². The van der Waals surface area contributed by atoms with Gasteiger partial charge in [0.25, 0.3) is 0 Å². The van der Waals surface area contributed by atoms with E-state index in [1.165, 1.54) is 77.7 Å². The molecule has 2 aromatic carbocycles. The summed E-state index contributed by atoms with van der Waals surface area (Å²) in [5.74, 6) is 0. The van der Waals surface area contributed by atoms with Crippen molar-refractivity contribution < 1.29 is 0 Å². The van der Waals surface area contributed by atoms with Crippen LogP contribution in [0.5, 0.6) is 0 Å². The maximum Gasteiger partial charge on any atom is 0.194 e. The van der Waals surface area contributed by atoms with Crippen molar-refractivity contribution in [1.82, 2.24) is 4.98 Å². The third-order valence-electron chi connectivity index (χ3n) is 7.89. The summed E-state index contributed by atoms with van der Waals surface area (Å²) in [6, 6.07) is 2.39. The number of hydrogen-bond donors (Lipinski definition) is 0. The molecule has 0 saturated carbocycles. The van der Waals surface area contributed by atoms with Gasteiger partial charge in [0.05, 0.1) is 5.69 Å². The molecule has 1 aliphatic rings. The third kappa shape index (κ3) is 2.65. The lowest BCUT2D eigenvalue weighted by atomic mass is 9.63. The summed E-state index contributed by atoms with van der Waals surface area (Å²) in [4.78, 5) is 5.04. The van der Waals surface area contributed by atoms with E-state index in [9.17, 15) is 0 Å². The van der Waals surface area contributed by atoms with Crippen LogP contribution < -0.4 is 10.9 Å². The Labute approximate surface area is 176 Å². The Kier molecular flexibility index (Phi) is 4.53. The molecule has 0 radical (unpaired) electrons. The molecule has 0 spiro atoms. The average Bonchev–Trinajstić information content (AvgIpc) is 3.10. The van der Waals surface area contributed by atoms with Crippen LogP contribution in [-0.4, -0.2) is 12.3 Å². The van der Waals surface area contributed by atoms with Crippen LogP contribution in [-0.2, 0) is 0 Å². The summed E-state index contributed by atoms with van der Waals surface area (Å²) < 4.78 is 0. The molecule has 0 fully saturated rings. The topological polar surface area (TPSA) is 12.9 Å². The minimum atomic E-state index is 1.04. The first-order chi connectivity index (χ1) is 13.6. The van der Waals surface area contributed by atoms with E-state index in [1.54, 1.807) is 0 Å². The first-order valence-electron chi connectivity index (χ1n) is 10.7. The molecule has 1 nitrogen and oxygen atoms in total. The fourth-order valence-electron chi connectivity index (χ4n) is 5.25. The van der Waals surface area contributed by atoms with Crippen molar-refractivity contribution in [2.24, 2.45) is 0 Å². The molecule has 29 heavy (non-hydrogen) atoms. The van der Waals surface area contributed by atoms with E-state index in [4.69, 9.17) is 4.98 Å². The molecule has 2 heterocycles. The molecule has 0 bridgehead atoms. The normalized spacial score (nSPS) is 12.1. The van der Waals surface area contributed by atoms with E-state index < -0.39 is 0 Å². The third-order valence-corrected chi connectivity index (χ3v) is 7.89. The minimum absolute atomic E-state index is 1.04. The van der Waals surface area contributed by atoms with Gasteiger partial charge in [0.1, 0.15) is 0 Å². The highest BCUT2D eigenvalue weighted by Gasteiger charge is 2.30. The molecule has 0 saturated heterocycles. The lowest BCUT2D eigenvalue weighted by molar-refractivity contribution is 1.09. The van der Waals surface area contributed by atoms with Crippen LogP contribution in [0.3, 0.4) is 0 Å². The molecule has 148 valence electrons. The molecule has 0 aliphatic carbocycles. The molecular weight excluding hydrogens is 349 g/mol. The fraction of sp³-hybridized carbons (Fsp3) is 0.370. The number of aryl methyl sites for hydroxylation is 2. The van der Waals surface area contributed by atoms with Gasteiger partial charge in [-0.25, -0.2) is 0 Å². The summed E-state index contributed by atoms with van der Waals surface area (Å²) in [5, 5.41) is 0. The highest BCUT2D eigenvalue weighted by atomic mass is 14.7. The average molecular weight is 381 g/mol. The Bertz CT molecular complexity index is 1210. The van der Waals surface area contributed by atoms with Crippen LogP contribution in [0.4, 0.5) is 0 Å². The van der Waals surface area contributed by atoms with E-state index in [0.29, 0.717) is 0 Å². The van der Waals surface area contributed by atoms with Crippen LogP contribution in [0.2, 0.25) is 0 Å². The van der Waals surface area contributed by atoms with E-state index in [2.05, 4.69) is 75.3 Å². The standard InChI is InChI=1S/C27H32BN/c1-12-11-22(27-19(8)15(4)16(5)21(10)29-27)20(9)26-23(12)24-17(6)13(2)14(3)18(7)25(24)28-26/h11,28H,1-10H3. The van der Waals surface area contributed by atoms with Crippen molar-refractivity contribution in [3.8, 4) is 22.4 Å². The molecule has 0 N–H and O–H groups in total. The van der Waals surface area contributed by atoms with E-state index in [0.717, 1.165) is 18.7 Å². The monoisotopic (exact) mass is 381 g/mol. The molecule has 4 rings (SSSR count).